The molecule has 1 fully saturated rings. The predicted octanol–water partition coefficient (Wildman–Crippen LogP) is 16.4. The number of anilines is 6. The molecule has 8 aromatic carbocycles. The van der Waals surface area contributed by atoms with Crippen LogP contribution in [0.4, 0.5) is 34.1 Å². The van der Waals surface area contributed by atoms with Gasteiger partial charge in [-0.2, -0.15) is 0 Å². The molecule has 2 heteroatoms. The maximum absolute atomic E-state index is 2.41. The van der Waals surface area contributed by atoms with Crippen molar-refractivity contribution in [2.45, 2.75) is 65.2 Å². The van der Waals surface area contributed by atoms with Gasteiger partial charge in [0.15, 0.2) is 0 Å². The molecule has 0 bridgehead atoms. The molecule has 0 heterocycles. The number of rotatable bonds is 10. The summed E-state index contributed by atoms with van der Waals surface area (Å²) in [6, 6.07) is 71.9. The Balaban J connectivity index is 1.06. The molecule has 0 atom stereocenters. The van der Waals surface area contributed by atoms with E-state index in [9.17, 15) is 0 Å². The van der Waals surface area contributed by atoms with Crippen molar-refractivity contribution in [2.75, 3.05) is 9.80 Å². The van der Waals surface area contributed by atoms with Crippen LogP contribution < -0.4 is 9.80 Å². The van der Waals surface area contributed by atoms with Crippen LogP contribution in [0.1, 0.15) is 65.5 Å². The molecule has 0 radical (unpaired) electrons. The molecule has 9 rings (SSSR count). The van der Waals surface area contributed by atoms with Crippen LogP contribution in [0.3, 0.4) is 0 Å². The van der Waals surface area contributed by atoms with Gasteiger partial charge >= 0.3 is 0 Å². The van der Waals surface area contributed by atoms with Gasteiger partial charge < -0.3 is 9.80 Å². The molecule has 0 spiro atoms. The molecule has 0 unspecified atom stereocenters. The Bertz CT molecular complexity index is 2490. The van der Waals surface area contributed by atoms with E-state index in [1.807, 2.05) is 0 Å². The average Bonchev–Trinajstić information content (AvgIpc) is 3.31. The van der Waals surface area contributed by atoms with Crippen LogP contribution in [0, 0.1) is 27.7 Å². The third kappa shape index (κ3) is 7.78. The summed E-state index contributed by atoms with van der Waals surface area (Å²) in [6.07, 6.45) is 6.05. The summed E-state index contributed by atoms with van der Waals surface area (Å²) in [7, 11) is 0. The van der Waals surface area contributed by atoms with E-state index in [1.165, 1.54) is 86.3 Å². The van der Waals surface area contributed by atoms with Crippen LogP contribution in [0.2, 0.25) is 0 Å². The monoisotopic (exact) mass is 778 g/mol. The highest BCUT2D eigenvalue weighted by atomic mass is 15.1. The summed E-state index contributed by atoms with van der Waals surface area (Å²) in [5, 5.41) is 0. The zero-order valence-corrected chi connectivity index (χ0v) is 35.4. The minimum Gasteiger partial charge on any atom is -0.310 e. The number of aryl methyl sites for hydroxylation is 4. The Kier molecular flexibility index (Phi) is 11.0. The van der Waals surface area contributed by atoms with Gasteiger partial charge in [0.25, 0.3) is 0 Å². The minimum absolute atomic E-state index is 0.0411. The van der Waals surface area contributed by atoms with E-state index in [4.69, 9.17) is 0 Å². The molecule has 8 aromatic rings. The lowest BCUT2D eigenvalue weighted by atomic mass is 9.65. The van der Waals surface area contributed by atoms with Crippen molar-refractivity contribution < 1.29 is 0 Å². The van der Waals surface area contributed by atoms with Gasteiger partial charge in [0.05, 0.1) is 0 Å². The first-order chi connectivity index (χ1) is 29.4. The molecule has 1 saturated carbocycles. The van der Waals surface area contributed by atoms with Crippen molar-refractivity contribution in [3.63, 3.8) is 0 Å². The van der Waals surface area contributed by atoms with E-state index < -0.39 is 0 Å². The number of benzene rings is 8. The Morgan fingerprint density at radius 1 is 0.300 bits per heavy atom. The molecule has 2 nitrogen and oxygen atoms in total. The maximum atomic E-state index is 2.41. The lowest BCUT2D eigenvalue weighted by molar-refractivity contribution is 0.346. The SMILES string of the molecule is Cc1ccc(N(c2ccc(-c3ccccc3)cc2)c2ccc(C3(c4ccc(N(c5ccc(-c6ccccc6)cc5)c5ccc(C)c(C)c5)cc4)CCCCC3)cc2)cc1C. The highest BCUT2D eigenvalue weighted by Crippen LogP contribution is 2.47. The third-order valence-electron chi connectivity index (χ3n) is 13.0. The van der Waals surface area contributed by atoms with Gasteiger partial charge in [-0.05, 0) is 169 Å². The van der Waals surface area contributed by atoms with E-state index in [-0.39, 0.29) is 5.41 Å². The molecule has 0 saturated heterocycles. The number of nitrogens with zero attached hydrogens (tertiary/aromatic N) is 2. The first-order valence-corrected chi connectivity index (χ1v) is 21.6. The van der Waals surface area contributed by atoms with Crippen molar-refractivity contribution >= 4 is 34.1 Å². The summed E-state index contributed by atoms with van der Waals surface area (Å²) in [5.41, 5.74) is 19.8. The van der Waals surface area contributed by atoms with Crippen LogP contribution in [-0.2, 0) is 5.41 Å². The van der Waals surface area contributed by atoms with Gasteiger partial charge in [-0.3, -0.25) is 0 Å². The van der Waals surface area contributed by atoms with Crippen molar-refractivity contribution in [3.8, 4) is 22.3 Å². The highest BCUT2D eigenvalue weighted by molar-refractivity contribution is 5.81. The van der Waals surface area contributed by atoms with E-state index in [2.05, 4.69) is 232 Å². The van der Waals surface area contributed by atoms with Crippen LogP contribution >= 0.6 is 0 Å². The van der Waals surface area contributed by atoms with Gasteiger partial charge in [-0.25, -0.2) is 0 Å². The Morgan fingerprint density at radius 2 is 0.617 bits per heavy atom. The van der Waals surface area contributed by atoms with Crippen molar-refractivity contribution in [2.24, 2.45) is 0 Å². The third-order valence-corrected chi connectivity index (χ3v) is 13.0. The van der Waals surface area contributed by atoms with Crippen molar-refractivity contribution in [1.82, 2.24) is 0 Å². The molecule has 1 aliphatic carbocycles. The topological polar surface area (TPSA) is 6.48 Å². The minimum atomic E-state index is -0.0411. The normalized spacial score (nSPS) is 13.5. The second-order valence-electron chi connectivity index (χ2n) is 16.8. The second-order valence-corrected chi connectivity index (χ2v) is 16.8. The summed E-state index contributed by atoms with van der Waals surface area (Å²) < 4.78 is 0. The van der Waals surface area contributed by atoms with Gasteiger partial charge in [-0.1, -0.05) is 141 Å². The fraction of sp³-hybridized carbons (Fsp3) is 0.172. The summed E-state index contributed by atoms with van der Waals surface area (Å²) in [4.78, 5) is 4.81. The fourth-order valence-electron chi connectivity index (χ4n) is 9.25. The lowest BCUT2D eigenvalue weighted by Gasteiger charge is -2.39. The van der Waals surface area contributed by atoms with Crippen LogP contribution in [0.15, 0.2) is 194 Å². The Hall–Kier alpha value is -6.64. The summed E-state index contributed by atoms with van der Waals surface area (Å²) in [6.45, 7) is 8.79. The number of hydrogen-bond acceptors (Lipinski definition) is 2. The van der Waals surface area contributed by atoms with Crippen LogP contribution in [0.5, 0.6) is 0 Å². The zero-order chi connectivity index (χ0) is 41.1. The molecule has 296 valence electrons. The zero-order valence-electron chi connectivity index (χ0n) is 35.4. The van der Waals surface area contributed by atoms with E-state index in [0.29, 0.717) is 0 Å². The van der Waals surface area contributed by atoms with Gasteiger partial charge in [0.2, 0.25) is 0 Å². The van der Waals surface area contributed by atoms with E-state index in [1.54, 1.807) is 0 Å². The maximum Gasteiger partial charge on any atom is 0.0464 e. The Morgan fingerprint density at radius 3 is 0.967 bits per heavy atom. The molecule has 0 aromatic heterocycles. The lowest BCUT2D eigenvalue weighted by Crippen LogP contribution is -2.30. The quantitative estimate of drug-likeness (QED) is 0.136. The summed E-state index contributed by atoms with van der Waals surface area (Å²) in [5.74, 6) is 0. The highest BCUT2D eigenvalue weighted by Gasteiger charge is 2.36. The first-order valence-electron chi connectivity index (χ1n) is 21.6. The molecule has 0 aliphatic heterocycles. The molecular formula is C58H54N2. The fourth-order valence-corrected chi connectivity index (χ4v) is 9.25. The molecule has 60 heavy (non-hydrogen) atoms. The molecule has 1 aliphatic rings. The number of hydrogen-bond donors (Lipinski definition) is 0. The second kappa shape index (κ2) is 16.9. The van der Waals surface area contributed by atoms with Crippen molar-refractivity contribution in [3.05, 3.63) is 228 Å². The van der Waals surface area contributed by atoms with Crippen molar-refractivity contribution in [1.29, 1.82) is 0 Å². The van der Waals surface area contributed by atoms with Gasteiger partial charge in [0.1, 0.15) is 0 Å². The largest absolute Gasteiger partial charge is 0.310 e. The van der Waals surface area contributed by atoms with Gasteiger partial charge in [0, 0.05) is 39.5 Å². The molecule has 0 N–H and O–H groups in total. The van der Waals surface area contributed by atoms with Crippen LogP contribution in [-0.4, -0.2) is 0 Å². The average molecular weight is 779 g/mol. The molecule has 0 amide bonds. The predicted molar refractivity (Wildman–Crippen MR) is 256 cm³/mol. The van der Waals surface area contributed by atoms with E-state index in [0.717, 1.165) is 35.6 Å². The van der Waals surface area contributed by atoms with E-state index >= 15 is 0 Å². The summed E-state index contributed by atoms with van der Waals surface area (Å²) >= 11 is 0. The van der Waals surface area contributed by atoms with Gasteiger partial charge in [-0.15, -0.1) is 0 Å². The smallest absolute Gasteiger partial charge is 0.0464 e. The molecular weight excluding hydrogens is 725 g/mol. The first kappa shape index (κ1) is 38.9. The Labute approximate surface area is 357 Å². The van der Waals surface area contributed by atoms with Crippen LogP contribution in [0.25, 0.3) is 22.3 Å². The standard InChI is InChI=1S/C58H54N2/c1-42-18-28-56(40-44(42)3)59(52-30-20-48(21-31-52)46-14-8-5-9-15-46)54-34-24-50(25-35-54)58(38-12-7-13-39-58)51-26-36-55(37-27-51)60(57-29-19-43(2)45(4)41-57)53-32-22-49(23-33-53)47-16-10-6-11-17-47/h5-6,8-11,14-37,40-41H,7,12-13,38-39H2,1-4H3.